The largest absolute Gasteiger partial charge is 0.451 e. The summed E-state index contributed by atoms with van der Waals surface area (Å²) in [6.07, 6.45) is -0.891. The second kappa shape index (κ2) is 5.62. The third-order valence-corrected chi connectivity index (χ3v) is 2.71. The van der Waals surface area contributed by atoms with Gasteiger partial charge in [-0.3, -0.25) is 4.79 Å². The van der Waals surface area contributed by atoms with Crippen LogP contribution in [-0.4, -0.2) is 23.0 Å². The molecule has 6 nitrogen and oxygen atoms in total. The summed E-state index contributed by atoms with van der Waals surface area (Å²) in [4.78, 5) is 22.9. The minimum Gasteiger partial charge on any atom is -0.451 e. The molecule has 0 aliphatic rings. The molecule has 7 heteroatoms. The molecule has 0 spiro atoms. The second-order valence-corrected chi connectivity index (χ2v) is 3.95. The molecule has 0 saturated carbocycles. The zero-order chi connectivity index (χ0) is 14.7. The van der Waals surface area contributed by atoms with Gasteiger partial charge in [0.05, 0.1) is 12.8 Å². The molecule has 0 aliphatic carbocycles. The Kier molecular flexibility index (Phi) is 3.90. The van der Waals surface area contributed by atoms with Gasteiger partial charge in [0.1, 0.15) is 5.82 Å². The van der Waals surface area contributed by atoms with Crippen molar-refractivity contribution < 1.29 is 13.9 Å². The van der Waals surface area contributed by atoms with E-state index in [0.29, 0.717) is 21.5 Å². The number of benzene rings is 1. The number of nitrogens with two attached hydrogens (primary N) is 1. The number of hydrogen-bond acceptors (Lipinski definition) is 5. The summed E-state index contributed by atoms with van der Waals surface area (Å²) >= 11 is 0. The van der Waals surface area contributed by atoms with Gasteiger partial charge in [0.25, 0.3) is 5.56 Å². The third kappa shape index (κ3) is 2.57. The molecular formula is C13H12FN3O3. The number of ether oxygens (including phenoxy) is 1. The van der Waals surface area contributed by atoms with Gasteiger partial charge in [0.2, 0.25) is 0 Å². The van der Waals surface area contributed by atoms with Crippen molar-refractivity contribution in [2.45, 2.75) is 6.54 Å². The summed E-state index contributed by atoms with van der Waals surface area (Å²) in [5.74, 6) is -0.419. The standard InChI is InChI=1S/C13H12FN3O3/c1-20-13(19)17-12(18)5-4-11(16-17)8-2-3-10(14)9(6-8)7-15/h2-6H,7,15H2,1H3. The first-order valence-corrected chi connectivity index (χ1v) is 5.74. The Hall–Kier alpha value is -2.54. The first-order valence-electron chi connectivity index (χ1n) is 5.74. The average Bonchev–Trinajstić information content (AvgIpc) is 2.47. The number of aromatic nitrogens is 2. The van der Waals surface area contributed by atoms with E-state index in [4.69, 9.17) is 5.73 Å². The van der Waals surface area contributed by atoms with Gasteiger partial charge >= 0.3 is 6.09 Å². The van der Waals surface area contributed by atoms with Crippen LogP contribution in [0.5, 0.6) is 0 Å². The van der Waals surface area contributed by atoms with Crippen LogP contribution in [0, 0.1) is 5.82 Å². The number of methoxy groups -OCH3 is 1. The fraction of sp³-hybridized carbons (Fsp3) is 0.154. The van der Waals surface area contributed by atoms with E-state index in [9.17, 15) is 14.0 Å². The van der Waals surface area contributed by atoms with E-state index in [-0.39, 0.29) is 6.54 Å². The zero-order valence-corrected chi connectivity index (χ0v) is 10.7. The molecule has 0 aliphatic heterocycles. The fourth-order valence-corrected chi connectivity index (χ4v) is 1.67. The third-order valence-electron chi connectivity index (χ3n) is 2.71. The van der Waals surface area contributed by atoms with Crippen LogP contribution in [0.3, 0.4) is 0 Å². The van der Waals surface area contributed by atoms with Crippen molar-refractivity contribution in [2.75, 3.05) is 7.11 Å². The van der Waals surface area contributed by atoms with Crippen LogP contribution in [0.1, 0.15) is 5.56 Å². The summed E-state index contributed by atoms with van der Waals surface area (Å²) in [6, 6.07) is 6.89. The highest BCUT2D eigenvalue weighted by molar-refractivity contribution is 5.70. The lowest BCUT2D eigenvalue weighted by atomic mass is 10.1. The van der Waals surface area contributed by atoms with Gasteiger partial charge in [-0.05, 0) is 24.3 Å². The smallest absolute Gasteiger partial charge is 0.437 e. The molecule has 1 aromatic carbocycles. The molecular weight excluding hydrogens is 265 g/mol. The van der Waals surface area contributed by atoms with Crippen LogP contribution >= 0.6 is 0 Å². The number of carbonyl (C=O) groups is 1. The van der Waals surface area contributed by atoms with Crippen molar-refractivity contribution in [3.63, 3.8) is 0 Å². The summed E-state index contributed by atoms with van der Waals surface area (Å²) in [7, 11) is 1.15. The van der Waals surface area contributed by atoms with Gasteiger partial charge in [-0.2, -0.15) is 5.10 Å². The predicted octanol–water partition coefficient (Wildman–Crippen LogP) is 1.12. The first-order chi connectivity index (χ1) is 9.56. The minimum absolute atomic E-state index is 0.0380. The molecule has 0 saturated heterocycles. The van der Waals surface area contributed by atoms with Gasteiger partial charge in [-0.25, -0.2) is 9.18 Å². The molecule has 0 amide bonds. The maximum Gasteiger partial charge on any atom is 0.437 e. The molecule has 0 unspecified atom stereocenters. The van der Waals surface area contributed by atoms with Gasteiger partial charge in [0.15, 0.2) is 0 Å². The van der Waals surface area contributed by atoms with Crippen molar-refractivity contribution in [3.8, 4) is 11.3 Å². The van der Waals surface area contributed by atoms with E-state index < -0.39 is 17.5 Å². The van der Waals surface area contributed by atoms with Gasteiger partial charge in [0, 0.05) is 23.7 Å². The van der Waals surface area contributed by atoms with Crippen molar-refractivity contribution in [1.29, 1.82) is 0 Å². The highest BCUT2D eigenvalue weighted by Crippen LogP contribution is 2.19. The fourth-order valence-electron chi connectivity index (χ4n) is 1.67. The van der Waals surface area contributed by atoms with Crippen LogP contribution in [0.25, 0.3) is 11.3 Å². The summed E-state index contributed by atoms with van der Waals surface area (Å²) < 4.78 is 18.4. The summed E-state index contributed by atoms with van der Waals surface area (Å²) in [6.45, 7) is 0.0380. The van der Waals surface area contributed by atoms with E-state index in [1.54, 1.807) is 0 Å². The Bertz CT molecular complexity index is 712. The van der Waals surface area contributed by atoms with Crippen molar-refractivity contribution in [3.05, 3.63) is 52.1 Å². The Labute approximate surface area is 113 Å². The van der Waals surface area contributed by atoms with Crippen molar-refractivity contribution >= 4 is 6.09 Å². The summed E-state index contributed by atoms with van der Waals surface area (Å²) in [5, 5.41) is 3.88. The molecule has 0 atom stereocenters. The SMILES string of the molecule is COC(=O)n1nc(-c2ccc(F)c(CN)c2)ccc1=O. The molecule has 0 bridgehead atoms. The van der Waals surface area contributed by atoms with E-state index in [2.05, 4.69) is 9.84 Å². The Morgan fingerprint density at radius 1 is 1.40 bits per heavy atom. The Morgan fingerprint density at radius 3 is 2.80 bits per heavy atom. The van der Waals surface area contributed by atoms with Crippen molar-refractivity contribution in [1.82, 2.24) is 9.78 Å². The normalized spacial score (nSPS) is 10.3. The van der Waals surface area contributed by atoms with Crippen LogP contribution < -0.4 is 11.3 Å². The molecule has 1 aromatic heterocycles. The number of halogens is 1. The highest BCUT2D eigenvalue weighted by atomic mass is 19.1. The Morgan fingerprint density at radius 2 is 2.15 bits per heavy atom. The number of rotatable bonds is 2. The quantitative estimate of drug-likeness (QED) is 0.888. The number of carbonyl (C=O) groups excluding carboxylic acids is 1. The first kappa shape index (κ1) is 13.9. The summed E-state index contributed by atoms with van der Waals surface area (Å²) in [5.41, 5.74) is 6.03. The second-order valence-electron chi connectivity index (χ2n) is 3.95. The molecule has 2 N–H and O–H groups in total. The number of nitrogens with zero attached hydrogens (tertiary/aromatic N) is 2. The zero-order valence-electron chi connectivity index (χ0n) is 10.7. The van der Waals surface area contributed by atoms with E-state index in [1.807, 2.05) is 0 Å². The van der Waals surface area contributed by atoms with E-state index >= 15 is 0 Å². The average molecular weight is 277 g/mol. The predicted molar refractivity (Wildman–Crippen MR) is 69.6 cm³/mol. The van der Waals surface area contributed by atoms with Crippen LogP contribution in [0.2, 0.25) is 0 Å². The van der Waals surface area contributed by atoms with E-state index in [0.717, 1.165) is 7.11 Å². The van der Waals surface area contributed by atoms with Gasteiger partial charge in [-0.15, -0.1) is 4.68 Å². The lowest BCUT2D eigenvalue weighted by Crippen LogP contribution is -2.29. The molecule has 20 heavy (non-hydrogen) atoms. The maximum atomic E-state index is 13.4. The lowest BCUT2D eigenvalue weighted by Gasteiger charge is -2.06. The molecule has 0 radical (unpaired) electrons. The van der Waals surface area contributed by atoms with Crippen LogP contribution in [0.15, 0.2) is 35.1 Å². The highest BCUT2D eigenvalue weighted by Gasteiger charge is 2.11. The van der Waals surface area contributed by atoms with Crippen LogP contribution in [0.4, 0.5) is 9.18 Å². The minimum atomic E-state index is -0.891. The van der Waals surface area contributed by atoms with Crippen molar-refractivity contribution in [2.24, 2.45) is 5.73 Å². The lowest BCUT2D eigenvalue weighted by molar-refractivity contribution is 0.167. The molecule has 0 fully saturated rings. The van der Waals surface area contributed by atoms with Gasteiger partial charge in [-0.1, -0.05) is 0 Å². The number of hydrogen-bond donors (Lipinski definition) is 1. The monoisotopic (exact) mass is 277 g/mol. The van der Waals surface area contributed by atoms with Gasteiger partial charge < -0.3 is 10.5 Å². The molecule has 2 rings (SSSR count). The Balaban J connectivity index is 2.53. The molecule has 2 aromatic rings. The molecule has 104 valence electrons. The maximum absolute atomic E-state index is 13.4. The van der Waals surface area contributed by atoms with E-state index in [1.165, 1.54) is 30.3 Å². The topological polar surface area (TPSA) is 87.2 Å². The molecule has 1 heterocycles. The van der Waals surface area contributed by atoms with Crippen LogP contribution in [-0.2, 0) is 11.3 Å².